The molecule has 2 aromatic rings. The van der Waals surface area contributed by atoms with Gasteiger partial charge in [0.15, 0.2) is 5.65 Å². The number of H-pyrrole nitrogens is 1. The zero-order chi connectivity index (χ0) is 12.9. The minimum Gasteiger partial charge on any atom is -0.465 e. The van der Waals surface area contributed by atoms with Gasteiger partial charge in [-0.3, -0.25) is 0 Å². The standard InChI is InChI=1S/C14H20N4O/c1-4-12-13(16-7-1)18-14(17-12)19-10-2-3-11-5-8-15-9-6-11/h1,4,7,11,15H,2-3,5-6,8-10H2,(H,16,17,18). The fourth-order valence-electron chi connectivity index (χ4n) is 2.60. The normalized spacial score (nSPS) is 16.8. The maximum absolute atomic E-state index is 5.66. The number of fused-ring (bicyclic) bond motifs is 1. The molecule has 3 heterocycles. The smallest absolute Gasteiger partial charge is 0.296 e. The van der Waals surface area contributed by atoms with Crippen LogP contribution in [-0.2, 0) is 0 Å². The van der Waals surface area contributed by atoms with Crippen LogP contribution in [0.25, 0.3) is 11.2 Å². The number of hydrogen-bond donors (Lipinski definition) is 2. The molecule has 0 amide bonds. The third-order valence-electron chi connectivity index (χ3n) is 3.69. The number of aromatic amines is 1. The van der Waals surface area contributed by atoms with Gasteiger partial charge in [-0.25, -0.2) is 4.98 Å². The van der Waals surface area contributed by atoms with Gasteiger partial charge in [0.05, 0.1) is 12.1 Å². The fourth-order valence-corrected chi connectivity index (χ4v) is 2.60. The van der Waals surface area contributed by atoms with Crippen molar-refractivity contribution in [3.8, 4) is 6.01 Å². The van der Waals surface area contributed by atoms with Gasteiger partial charge in [0.25, 0.3) is 6.01 Å². The highest BCUT2D eigenvalue weighted by molar-refractivity contribution is 5.70. The van der Waals surface area contributed by atoms with Gasteiger partial charge in [0.2, 0.25) is 0 Å². The monoisotopic (exact) mass is 260 g/mol. The van der Waals surface area contributed by atoms with Crippen molar-refractivity contribution in [1.29, 1.82) is 0 Å². The molecule has 0 spiro atoms. The molecule has 0 atom stereocenters. The summed E-state index contributed by atoms with van der Waals surface area (Å²) in [6.45, 7) is 3.06. The topological polar surface area (TPSA) is 62.8 Å². The quantitative estimate of drug-likeness (QED) is 0.808. The van der Waals surface area contributed by atoms with Gasteiger partial charge in [-0.05, 0) is 56.8 Å². The Labute approximate surface area is 112 Å². The van der Waals surface area contributed by atoms with E-state index in [0.717, 1.165) is 30.1 Å². The van der Waals surface area contributed by atoms with Crippen LogP contribution in [-0.4, -0.2) is 34.6 Å². The highest BCUT2D eigenvalue weighted by atomic mass is 16.5. The summed E-state index contributed by atoms with van der Waals surface area (Å²) in [5.74, 6) is 0.863. The van der Waals surface area contributed by atoms with Gasteiger partial charge in [0.1, 0.15) is 0 Å². The lowest BCUT2D eigenvalue weighted by molar-refractivity contribution is 0.261. The third-order valence-corrected chi connectivity index (χ3v) is 3.69. The largest absolute Gasteiger partial charge is 0.465 e. The molecule has 0 unspecified atom stereocenters. The summed E-state index contributed by atoms with van der Waals surface area (Å²) in [4.78, 5) is 11.6. The van der Waals surface area contributed by atoms with E-state index in [-0.39, 0.29) is 0 Å². The van der Waals surface area contributed by atoms with Gasteiger partial charge >= 0.3 is 0 Å². The van der Waals surface area contributed by atoms with Gasteiger partial charge in [-0.2, -0.15) is 4.98 Å². The van der Waals surface area contributed by atoms with Crippen molar-refractivity contribution in [2.24, 2.45) is 5.92 Å². The number of hydrogen-bond acceptors (Lipinski definition) is 4. The predicted molar refractivity (Wildman–Crippen MR) is 74.2 cm³/mol. The molecule has 1 aliphatic rings. The Balaban J connectivity index is 1.44. The molecule has 1 saturated heterocycles. The number of nitrogens with zero attached hydrogens (tertiary/aromatic N) is 2. The molecule has 3 rings (SSSR count). The molecular formula is C14H20N4O. The fraction of sp³-hybridized carbons (Fsp3) is 0.571. The molecule has 19 heavy (non-hydrogen) atoms. The van der Waals surface area contributed by atoms with Crippen LogP contribution < -0.4 is 10.1 Å². The Morgan fingerprint density at radius 2 is 2.21 bits per heavy atom. The van der Waals surface area contributed by atoms with Crippen molar-refractivity contribution < 1.29 is 4.74 Å². The van der Waals surface area contributed by atoms with E-state index in [0.29, 0.717) is 6.01 Å². The van der Waals surface area contributed by atoms with E-state index in [1.54, 1.807) is 6.20 Å². The molecule has 0 aromatic carbocycles. The molecule has 1 fully saturated rings. The Hall–Kier alpha value is -1.62. The molecule has 2 aromatic heterocycles. The van der Waals surface area contributed by atoms with Crippen LogP contribution in [0.1, 0.15) is 25.7 Å². The molecule has 0 bridgehead atoms. The second-order valence-electron chi connectivity index (χ2n) is 5.10. The highest BCUT2D eigenvalue weighted by Gasteiger charge is 2.12. The van der Waals surface area contributed by atoms with E-state index < -0.39 is 0 Å². The van der Waals surface area contributed by atoms with Crippen molar-refractivity contribution in [2.45, 2.75) is 25.7 Å². The first kappa shape index (κ1) is 12.4. The predicted octanol–water partition coefficient (Wildman–Crippen LogP) is 2.12. The number of pyridine rings is 1. The molecule has 0 saturated carbocycles. The zero-order valence-corrected chi connectivity index (χ0v) is 11.1. The van der Waals surface area contributed by atoms with E-state index in [9.17, 15) is 0 Å². The number of ether oxygens (including phenoxy) is 1. The van der Waals surface area contributed by atoms with E-state index in [1.807, 2.05) is 12.1 Å². The van der Waals surface area contributed by atoms with Crippen LogP contribution in [0.5, 0.6) is 6.01 Å². The van der Waals surface area contributed by atoms with Gasteiger partial charge in [-0.15, -0.1) is 0 Å². The van der Waals surface area contributed by atoms with Crippen LogP contribution in [0.15, 0.2) is 18.3 Å². The summed E-state index contributed by atoms with van der Waals surface area (Å²) < 4.78 is 5.66. The first-order valence-corrected chi connectivity index (χ1v) is 7.06. The van der Waals surface area contributed by atoms with Crippen LogP contribution in [0, 0.1) is 5.92 Å². The first-order chi connectivity index (χ1) is 9.42. The summed E-state index contributed by atoms with van der Waals surface area (Å²) in [7, 11) is 0. The minimum atomic E-state index is 0.582. The molecule has 1 aliphatic heterocycles. The molecule has 0 aliphatic carbocycles. The lowest BCUT2D eigenvalue weighted by atomic mass is 9.93. The number of aromatic nitrogens is 3. The Kier molecular flexibility index (Phi) is 3.93. The molecule has 2 N–H and O–H groups in total. The third kappa shape index (κ3) is 3.23. The number of piperidine rings is 1. The summed E-state index contributed by atoms with van der Waals surface area (Å²) in [5.41, 5.74) is 1.65. The van der Waals surface area contributed by atoms with E-state index in [1.165, 1.54) is 32.4 Å². The minimum absolute atomic E-state index is 0.582. The molecule has 5 heteroatoms. The van der Waals surface area contributed by atoms with Crippen molar-refractivity contribution in [2.75, 3.05) is 19.7 Å². The maximum atomic E-state index is 5.66. The average Bonchev–Trinajstić information content (AvgIpc) is 2.87. The highest BCUT2D eigenvalue weighted by Crippen LogP contribution is 2.18. The van der Waals surface area contributed by atoms with E-state index in [2.05, 4.69) is 20.3 Å². The van der Waals surface area contributed by atoms with Crippen molar-refractivity contribution in [3.05, 3.63) is 18.3 Å². The maximum Gasteiger partial charge on any atom is 0.296 e. The SMILES string of the molecule is c1cnc2nc(OCCCC3CCNCC3)[nH]c2c1. The summed E-state index contributed by atoms with van der Waals surface area (Å²) in [6.07, 6.45) is 6.68. The van der Waals surface area contributed by atoms with E-state index in [4.69, 9.17) is 4.74 Å². The lowest BCUT2D eigenvalue weighted by Gasteiger charge is -2.22. The molecule has 5 nitrogen and oxygen atoms in total. The lowest BCUT2D eigenvalue weighted by Crippen LogP contribution is -2.27. The Morgan fingerprint density at radius 1 is 1.32 bits per heavy atom. The van der Waals surface area contributed by atoms with Crippen molar-refractivity contribution in [1.82, 2.24) is 20.3 Å². The summed E-state index contributed by atoms with van der Waals surface area (Å²) >= 11 is 0. The van der Waals surface area contributed by atoms with Crippen LogP contribution in [0.2, 0.25) is 0 Å². The average molecular weight is 260 g/mol. The Bertz CT molecular complexity index is 486. The van der Waals surface area contributed by atoms with Crippen LogP contribution in [0.3, 0.4) is 0 Å². The Morgan fingerprint density at radius 3 is 3.05 bits per heavy atom. The number of imidazole rings is 1. The second-order valence-corrected chi connectivity index (χ2v) is 5.10. The second kappa shape index (κ2) is 6.02. The van der Waals surface area contributed by atoms with E-state index >= 15 is 0 Å². The van der Waals surface area contributed by atoms with Crippen molar-refractivity contribution in [3.63, 3.8) is 0 Å². The molecule has 0 radical (unpaired) electrons. The van der Waals surface area contributed by atoms with Gasteiger partial charge in [-0.1, -0.05) is 0 Å². The summed E-state index contributed by atoms with van der Waals surface area (Å²) in [5, 5.41) is 3.39. The number of rotatable bonds is 5. The van der Waals surface area contributed by atoms with Gasteiger partial charge in [0, 0.05) is 6.20 Å². The van der Waals surface area contributed by atoms with Crippen molar-refractivity contribution >= 4 is 11.2 Å². The zero-order valence-electron chi connectivity index (χ0n) is 11.1. The van der Waals surface area contributed by atoms with Gasteiger partial charge < -0.3 is 15.0 Å². The molecule has 102 valence electrons. The summed E-state index contributed by atoms with van der Waals surface area (Å²) in [6, 6.07) is 4.43. The first-order valence-electron chi connectivity index (χ1n) is 7.06. The molecular weight excluding hydrogens is 240 g/mol. The number of nitrogens with one attached hydrogen (secondary N) is 2. The van der Waals surface area contributed by atoms with Crippen LogP contribution >= 0.6 is 0 Å². The van der Waals surface area contributed by atoms with Crippen LogP contribution in [0.4, 0.5) is 0 Å².